The minimum absolute atomic E-state index is 0.181. The van der Waals surface area contributed by atoms with E-state index in [4.69, 9.17) is 10.5 Å². The van der Waals surface area contributed by atoms with Gasteiger partial charge in [-0.05, 0) is 38.1 Å². The van der Waals surface area contributed by atoms with E-state index in [0.717, 1.165) is 17.3 Å². The predicted octanol–water partition coefficient (Wildman–Crippen LogP) is 1.86. The van der Waals surface area contributed by atoms with Gasteiger partial charge in [0.1, 0.15) is 17.9 Å². The maximum atomic E-state index is 11.6. The first-order valence-electron chi connectivity index (χ1n) is 7.07. The topological polar surface area (TPSA) is 77.2 Å². The lowest BCUT2D eigenvalue weighted by Crippen LogP contribution is -2.57. The molecule has 1 heterocycles. The van der Waals surface area contributed by atoms with Crippen molar-refractivity contribution in [3.8, 4) is 5.75 Å². The lowest BCUT2D eigenvalue weighted by molar-refractivity contribution is -0.125. The van der Waals surface area contributed by atoms with Gasteiger partial charge in [0.15, 0.2) is 0 Å². The van der Waals surface area contributed by atoms with Crippen LogP contribution >= 0.6 is 0 Å². The van der Waals surface area contributed by atoms with Crippen molar-refractivity contribution in [2.45, 2.75) is 25.8 Å². The van der Waals surface area contributed by atoms with Gasteiger partial charge in [-0.15, -0.1) is 0 Å². The molecule has 0 fully saturated rings. The van der Waals surface area contributed by atoms with Gasteiger partial charge in [-0.3, -0.25) is 9.78 Å². The van der Waals surface area contributed by atoms with Crippen LogP contribution < -0.4 is 15.8 Å². The first-order valence-corrected chi connectivity index (χ1v) is 7.07. The largest absolute Gasteiger partial charge is 0.491 e. The fourth-order valence-corrected chi connectivity index (χ4v) is 1.97. The molecule has 1 amide bonds. The van der Waals surface area contributed by atoms with Gasteiger partial charge in [-0.2, -0.15) is 0 Å². The van der Waals surface area contributed by atoms with Crippen LogP contribution in [0.5, 0.6) is 5.75 Å². The number of hydrogen-bond donors (Lipinski definition) is 2. The molecule has 1 atom stereocenters. The van der Waals surface area contributed by atoms with Crippen LogP contribution in [0.2, 0.25) is 0 Å². The Morgan fingerprint density at radius 1 is 1.43 bits per heavy atom. The molecular formula is C16H21N3O2. The summed E-state index contributed by atoms with van der Waals surface area (Å²) in [6.45, 7) is 4.68. The van der Waals surface area contributed by atoms with Crippen molar-refractivity contribution < 1.29 is 9.53 Å². The van der Waals surface area contributed by atoms with Gasteiger partial charge in [0.05, 0.1) is 5.52 Å². The molecule has 21 heavy (non-hydrogen) atoms. The Morgan fingerprint density at radius 2 is 2.24 bits per heavy atom. The van der Waals surface area contributed by atoms with Gasteiger partial charge in [0.2, 0.25) is 5.91 Å². The summed E-state index contributed by atoms with van der Waals surface area (Å²) in [6, 6.07) is 9.55. The monoisotopic (exact) mass is 287 g/mol. The smallest absolute Gasteiger partial charge is 0.240 e. The molecule has 1 aromatic heterocycles. The lowest BCUT2D eigenvalue weighted by atomic mass is 10.0. The number of primary amides is 1. The van der Waals surface area contributed by atoms with Crippen molar-refractivity contribution in [3.05, 3.63) is 36.5 Å². The van der Waals surface area contributed by atoms with Crippen molar-refractivity contribution in [2.24, 2.45) is 5.73 Å². The number of nitrogens with two attached hydrogens (primary N) is 1. The Morgan fingerprint density at radius 3 is 2.95 bits per heavy atom. The Bertz CT molecular complexity index is 630. The first kappa shape index (κ1) is 15.3. The second-order valence-corrected chi connectivity index (χ2v) is 5.27. The van der Waals surface area contributed by atoms with E-state index in [1.807, 2.05) is 37.3 Å². The molecule has 0 aliphatic heterocycles. The molecule has 1 unspecified atom stereocenters. The van der Waals surface area contributed by atoms with E-state index in [1.54, 1.807) is 13.1 Å². The Kier molecular flexibility index (Phi) is 4.75. The molecule has 3 N–H and O–H groups in total. The summed E-state index contributed by atoms with van der Waals surface area (Å²) >= 11 is 0. The van der Waals surface area contributed by atoms with Gasteiger partial charge < -0.3 is 15.8 Å². The molecular weight excluding hydrogens is 266 g/mol. The average Bonchev–Trinajstić information content (AvgIpc) is 2.50. The van der Waals surface area contributed by atoms with Crippen LogP contribution in [-0.4, -0.2) is 29.6 Å². The molecule has 0 bridgehead atoms. The molecule has 2 rings (SSSR count). The number of ether oxygens (including phenoxy) is 1. The van der Waals surface area contributed by atoms with E-state index in [2.05, 4.69) is 10.3 Å². The van der Waals surface area contributed by atoms with Crippen LogP contribution in [0.4, 0.5) is 0 Å². The molecule has 2 aromatic rings. The minimum Gasteiger partial charge on any atom is -0.491 e. The highest BCUT2D eigenvalue weighted by Gasteiger charge is 2.31. The quantitative estimate of drug-likeness (QED) is 0.815. The van der Waals surface area contributed by atoms with Gasteiger partial charge in [0, 0.05) is 17.6 Å². The van der Waals surface area contributed by atoms with Crippen molar-refractivity contribution in [3.63, 3.8) is 0 Å². The SMILES string of the molecule is CCCNC(C)(COc1ccc2cccnc2c1)C(N)=O. The molecule has 5 heteroatoms. The van der Waals surface area contributed by atoms with Crippen LogP contribution in [0.25, 0.3) is 10.9 Å². The fourth-order valence-electron chi connectivity index (χ4n) is 1.97. The van der Waals surface area contributed by atoms with E-state index < -0.39 is 11.4 Å². The van der Waals surface area contributed by atoms with E-state index in [0.29, 0.717) is 12.3 Å². The third-order valence-corrected chi connectivity index (χ3v) is 3.41. The molecule has 0 spiro atoms. The summed E-state index contributed by atoms with van der Waals surface area (Å²) in [5.41, 5.74) is 5.45. The van der Waals surface area contributed by atoms with Gasteiger partial charge in [-0.25, -0.2) is 0 Å². The number of pyridine rings is 1. The van der Waals surface area contributed by atoms with Crippen LogP contribution in [0.1, 0.15) is 20.3 Å². The van der Waals surface area contributed by atoms with Crippen molar-refractivity contribution in [2.75, 3.05) is 13.2 Å². The third-order valence-electron chi connectivity index (χ3n) is 3.41. The van der Waals surface area contributed by atoms with Gasteiger partial charge >= 0.3 is 0 Å². The van der Waals surface area contributed by atoms with Crippen molar-refractivity contribution >= 4 is 16.8 Å². The normalized spacial score (nSPS) is 13.8. The Balaban J connectivity index is 2.10. The number of nitrogens with one attached hydrogen (secondary N) is 1. The molecule has 0 saturated heterocycles. The maximum absolute atomic E-state index is 11.6. The third kappa shape index (κ3) is 3.70. The summed E-state index contributed by atoms with van der Waals surface area (Å²) in [5, 5.41) is 4.19. The summed E-state index contributed by atoms with van der Waals surface area (Å²) in [5.74, 6) is 0.252. The highest BCUT2D eigenvalue weighted by atomic mass is 16.5. The highest BCUT2D eigenvalue weighted by Crippen LogP contribution is 2.19. The highest BCUT2D eigenvalue weighted by molar-refractivity contribution is 5.84. The zero-order chi connectivity index (χ0) is 15.3. The van der Waals surface area contributed by atoms with Crippen LogP contribution in [0.15, 0.2) is 36.5 Å². The summed E-state index contributed by atoms with van der Waals surface area (Å²) in [7, 11) is 0. The standard InChI is InChI=1S/C16H21N3O2/c1-3-8-19-16(2,15(17)20)11-21-13-7-6-12-5-4-9-18-14(12)10-13/h4-7,9-10,19H,3,8,11H2,1-2H3,(H2,17,20). The number of nitrogens with zero attached hydrogens (tertiary/aromatic N) is 1. The van der Waals surface area contributed by atoms with Crippen LogP contribution in [0.3, 0.4) is 0 Å². The molecule has 5 nitrogen and oxygen atoms in total. The van der Waals surface area contributed by atoms with E-state index in [1.165, 1.54) is 0 Å². The number of aromatic nitrogens is 1. The Hall–Kier alpha value is -2.14. The second-order valence-electron chi connectivity index (χ2n) is 5.27. The number of amides is 1. The Labute approximate surface area is 124 Å². The number of carbonyl (C=O) groups excluding carboxylic acids is 1. The number of carbonyl (C=O) groups is 1. The molecule has 0 saturated carbocycles. The van der Waals surface area contributed by atoms with Gasteiger partial charge in [0.25, 0.3) is 0 Å². The lowest BCUT2D eigenvalue weighted by Gasteiger charge is -2.27. The van der Waals surface area contributed by atoms with E-state index in [9.17, 15) is 4.79 Å². The maximum Gasteiger partial charge on any atom is 0.240 e. The van der Waals surface area contributed by atoms with Crippen molar-refractivity contribution in [1.29, 1.82) is 0 Å². The fraction of sp³-hybridized carbons (Fsp3) is 0.375. The van der Waals surface area contributed by atoms with Crippen LogP contribution in [-0.2, 0) is 4.79 Å². The van der Waals surface area contributed by atoms with Crippen molar-refractivity contribution in [1.82, 2.24) is 10.3 Å². The number of hydrogen-bond acceptors (Lipinski definition) is 4. The van der Waals surface area contributed by atoms with E-state index in [-0.39, 0.29) is 6.61 Å². The first-order chi connectivity index (χ1) is 10.0. The van der Waals surface area contributed by atoms with Gasteiger partial charge in [-0.1, -0.05) is 13.0 Å². The summed E-state index contributed by atoms with van der Waals surface area (Å²) < 4.78 is 5.73. The summed E-state index contributed by atoms with van der Waals surface area (Å²) in [6.07, 6.45) is 2.66. The van der Waals surface area contributed by atoms with E-state index >= 15 is 0 Å². The second kappa shape index (κ2) is 6.54. The molecule has 0 aliphatic rings. The minimum atomic E-state index is -0.880. The van der Waals surface area contributed by atoms with Crippen LogP contribution in [0, 0.1) is 0 Å². The average molecular weight is 287 g/mol. The number of benzene rings is 1. The zero-order valence-corrected chi connectivity index (χ0v) is 12.4. The zero-order valence-electron chi connectivity index (χ0n) is 12.4. The summed E-state index contributed by atoms with van der Waals surface area (Å²) in [4.78, 5) is 15.9. The molecule has 0 aliphatic carbocycles. The molecule has 1 aromatic carbocycles. The predicted molar refractivity (Wildman–Crippen MR) is 83.1 cm³/mol. The number of rotatable bonds is 7. The molecule has 0 radical (unpaired) electrons. The number of fused-ring (bicyclic) bond motifs is 1. The molecule has 112 valence electrons.